The van der Waals surface area contributed by atoms with Crippen LogP contribution in [-0.2, 0) is 0 Å². The van der Waals surface area contributed by atoms with E-state index in [1.165, 1.54) is 83.5 Å². The Labute approximate surface area is 138 Å². The SMILES string of the molecule is CCCCCCCCCCCCCC(C)(CC)N1CC=NN1. The minimum Gasteiger partial charge on any atom is -0.240 e. The molecule has 0 bridgehead atoms. The summed E-state index contributed by atoms with van der Waals surface area (Å²) in [6.07, 6.45) is 20.0. The summed E-state index contributed by atoms with van der Waals surface area (Å²) in [4.78, 5) is 0. The van der Waals surface area contributed by atoms with Crippen LogP contribution in [0.25, 0.3) is 0 Å². The largest absolute Gasteiger partial charge is 0.240 e. The second-order valence-electron chi connectivity index (χ2n) is 7.16. The highest BCUT2D eigenvalue weighted by atomic mass is 15.7. The third kappa shape index (κ3) is 7.62. The van der Waals surface area contributed by atoms with E-state index in [0.29, 0.717) is 0 Å². The van der Waals surface area contributed by atoms with E-state index in [1.807, 2.05) is 6.21 Å². The smallest absolute Gasteiger partial charge is 0.0573 e. The predicted octanol–water partition coefficient (Wildman–Crippen LogP) is 5.66. The Morgan fingerprint density at radius 3 is 1.91 bits per heavy atom. The summed E-state index contributed by atoms with van der Waals surface area (Å²) in [7, 11) is 0. The summed E-state index contributed by atoms with van der Waals surface area (Å²) in [6, 6.07) is 0. The lowest BCUT2D eigenvalue weighted by Gasteiger charge is -2.37. The molecule has 130 valence electrons. The van der Waals surface area contributed by atoms with E-state index < -0.39 is 0 Å². The van der Waals surface area contributed by atoms with Gasteiger partial charge in [-0.3, -0.25) is 0 Å². The Hall–Kier alpha value is -0.570. The first-order chi connectivity index (χ1) is 10.7. The number of rotatable bonds is 14. The third-order valence-electron chi connectivity index (χ3n) is 5.27. The van der Waals surface area contributed by atoms with Crippen molar-refractivity contribution in [3.63, 3.8) is 0 Å². The first-order valence-electron chi connectivity index (χ1n) is 9.77. The van der Waals surface area contributed by atoms with Gasteiger partial charge in [0.1, 0.15) is 0 Å². The van der Waals surface area contributed by atoms with E-state index in [0.717, 1.165) is 6.54 Å². The van der Waals surface area contributed by atoms with Crippen molar-refractivity contribution in [2.24, 2.45) is 5.10 Å². The van der Waals surface area contributed by atoms with E-state index in [9.17, 15) is 0 Å². The molecular formula is C19H39N3. The average Bonchev–Trinajstić information content (AvgIpc) is 3.07. The summed E-state index contributed by atoms with van der Waals surface area (Å²) in [5.41, 5.74) is 3.40. The zero-order valence-electron chi connectivity index (χ0n) is 15.4. The Morgan fingerprint density at radius 1 is 0.909 bits per heavy atom. The quantitative estimate of drug-likeness (QED) is 0.419. The van der Waals surface area contributed by atoms with E-state index in [4.69, 9.17) is 0 Å². The lowest BCUT2D eigenvalue weighted by atomic mass is 9.90. The molecule has 0 aliphatic carbocycles. The van der Waals surface area contributed by atoms with Gasteiger partial charge >= 0.3 is 0 Å². The summed E-state index contributed by atoms with van der Waals surface area (Å²) in [6.45, 7) is 7.89. The molecule has 3 heteroatoms. The van der Waals surface area contributed by atoms with Crippen LogP contribution in [0.5, 0.6) is 0 Å². The second-order valence-corrected chi connectivity index (χ2v) is 7.16. The van der Waals surface area contributed by atoms with Gasteiger partial charge in [0.05, 0.1) is 6.54 Å². The zero-order valence-corrected chi connectivity index (χ0v) is 15.4. The van der Waals surface area contributed by atoms with Crippen LogP contribution >= 0.6 is 0 Å². The van der Waals surface area contributed by atoms with Crippen LogP contribution in [-0.4, -0.2) is 23.3 Å². The van der Waals surface area contributed by atoms with Crippen molar-refractivity contribution in [2.45, 2.75) is 110 Å². The molecule has 1 aliphatic rings. The Balaban J connectivity index is 1.93. The Morgan fingerprint density at radius 2 is 1.45 bits per heavy atom. The normalized spacial score (nSPS) is 17.6. The minimum absolute atomic E-state index is 0.260. The molecule has 0 radical (unpaired) electrons. The molecule has 3 nitrogen and oxygen atoms in total. The number of nitrogens with one attached hydrogen (secondary N) is 1. The fourth-order valence-electron chi connectivity index (χ4n) is 3.29. The van der Waals surface area contributed by atoms with Gasteiger partial charge in [0.25, 0.3) is 0 Å². The molecule has 1 rings (SSSR count). The molecule has 1 N–H and O–H groups in total. The molecule has 0 spiro atoms. The van der Waals surface area contributed by atoms with Gasteiger partial charge < -0.3 is 0 Å². The topological polar surface area (TPSA) is 27.6 Å². The van der Waals surface area contributed by atoms with Gasteiger partial charge in [0, 0.05) is 11.8 Å². The molecule has 0 saturated carbocycles. The molecule has 0 saturated heterocycles. The first kappa shape index (κ1) is 19.5. The van der Waals surface area contributed by atoms with Gasteiger partial charge in [-0.15, -0.1) is 0 Å². The minimum atomic E-state index is 0.260. The van der Waals surface area contributed by atoms with Crippen molar-refractivity contribution in [3.05, 3.63) is 0 Å². The van der Waals surface area contributed by atoms with E-state index in [-0.39, 0.29) is 5.54 Å². The highest BCUT2D eigenvalue weighted by Crippen LogP contribution is 2.25. The number of unbranched alkanes of at least 4 members (excludes halogenated alkanes) is 10. The van der Waals surface area contributed by atoms with Gasteiger partial charge in [0.15, 0.2) is 0 Å². The maximum absolute atomic E-state index is 4.13. The number of hydrazine groups is 1. The monoisotopic (exact) mass is 309 g/mol. The van der Waals surface area contributed by atoms with Gasteiger partial charge in [0.2, 0.25) is 0 Å². The third-order valence-corrected chi connectivity index (χ3v) is 5.27. The fraction of sp³-hybridized carbons (Fsp3) is 0.947. The summed E-state index contributed by atoms with van der Waals surface area (Å²) >= 11 is 0. The number of hydrogen-bond acceptors (Lipinski definition) is 3. The van der Waals surface area contributed by atoms with Crippen LogP contribution in [0.15, 0.2) is 5.10 Å². The van der Waals surface area contributed by atoms with Crippen LogP contribution < -0.4 is 5.53 Å². The molecule has 1 atom stereocenters. The zero-order chi connectivity index (χ0) is 16.1. The van der Waals surface area contributed by atoms with Crippen molar-refractivity contribution in [1.82, 2.24) is 10.5 Å². The number of hydrazone groups is 1. The average molecular weight is 310 g/mol. The van der Waals surface area contributed by atoms with Crippen LogP contribution in [0.2, 0.25) is 0 Å². The Kier molecular flexibility index (Phi) is 10.6. The fourth-order valence-corrected chi connectivity index (χ4v) is 3.29. The van der Waals surface area contributed by atoms with Crippen LogP contribution in [0.3, 0.4) is 0 Å². The van der Waals surface area contributed by atoms with Crippen molar-refractivity contribution < 1.29 is 0 Å². The molecule has 1 unspecified atom stereocenters. The molecule has 0 aromatic rings. The maximum atomic E-state index is 4.13. The predicted molar refractivity (Wildman–Crippen MR) is 98.1 cm³/mol. The highest BCUT2D eigenvalue weighted by molar-refractivity contribution is 5.60. The molecule has 0 fully saturated rings. The van der Waals surface area contributed by atoms with E-state index in [2.05, 4.69) is 36.4 Å². The molecule has 0 aromatic carbocycles. The standard InChI is InChI=1S/C19H39N3/c1-4-6-7-8-9-10-11-12-13-14-15-16-19(3,5-2)22-18-17-20-21-22/h17,21H,4-16,18H2,1-3H3. The molecular weight excluding hydrogens is 270 g/mol. The van der Waals surface area contributed by atoms with Gasteiger partial charge in [-0.25, -0.2) is 5.53 Å². The lowest BCUT2D eigenvalue weighted by molar-refractivity contribution is 0.0640. The number of nitrogens with zero attached hydrogens (tertiary/aromatic N) is 2. The molecule has 0 aromatic heterocycles. The van der Waals surface area contributed by atoms with Crippen molar-refractivity contribution >= 4 is 6.21 Å². The Bertz CT molecular complexity index is 282. The van der Waals surface area contributed by atoms with Crippen LogP contribution in [0, 0.1) is 0 Å². The summed E-state index contributed by atoms with van der Waals surface area (Å²) in [5, 5.41) is 6.43. The molecule has 1 heterocycles. The first-order valence-corrected chi connectivity index (χ1v) is 9.77. The molecule has 0 amide bonds. The van der Waals surface area contributed by atoms with Gasteiger partial charge in [-0.1, -0.05) is 84.5 Å². The maximum Gasteiger partial charge on any atom is 0.0573 e. The number of hydrogen-bond donors (Lipinski definition) is 1. The van der Waals surface area contributed by atoms with Crippen LogP contribution in [0.1, 0.15) is 104 Å². The van der Waals surface area contributed by atoms with Crippen molar-refractivity contribution in [3.8, 4) is 0 Å². The summed E-state index contributed by atoms with van der Waals surface area (Å²) in [5.74, 6) is 0. The van der Waals surface area contributed by atoms with E-state index in [1.54, 1.807) is 0 Å². The molecule has 1 aliphatic heterocycles. The lowest BCUT2D eigenvalue weighted by Crippen LogP contribution is -2.49. The molecule has 22 heavy (non-hydrogen) atoms. The van der Waals surface area contributed by atoms with Crippen LogP contribution in [0.4, 0.5) is 0 Å². The van der Waals surface area contributed by atoms with Gasteiger partial charge in [-0.05, 0) is 19.8 Å². The second kappa shape index (κ2) is 11.9. The summed E-state index contributed by atoms with van der Waals surface area (Å²) < 4.78 is 0. The van der Waals surface area contributed by atoms with Gasteiger partial charge in [-0.2, -0.15) is 10.1 Å². The highest BCUT2D eigenvalue weighted by Gasteiger charge is 2.30. The van der Waals surface area contributed by atoms with Crippen molar-refractivity contribution in [1.29, 1.82) is 0 Å². The van der Waals surface area contributed by atoms with Crippen molar-refractivity contribution in [2.75, 3.05) is 6.54 Å². The van der Waals surface area contributed by atoms with E-state index >= 15 is 0 Å².